The van der Waals surface area contributed by atoms with Crippen molar-refractivity contribution in [3.8, 4) is 11.4 Å². The molecule has 0 spiro atoms. The average molecular weight is 347 g/mol. The molecule has 0 saturated heterocycles. The predicted octanol–water partition coefficient (Wildman–Crippen LogP) is 2.99. The monoisotopic (exact) mass is 347 g/mol. The number of rotatable bonds is 3. The molecule has 132 valence electrons. The Morgan fingerprint density at radius 2 is 2.08 bits per heavy atom. The first-order valence-corrected chi connectivity index (χ1v) is 8.84. The Morgan fingerprint density at radius 1 is 1.27 bits per heavy atom. The van der Waals surface area contributed by atoms with Gasteiger partial charge in [-0.05, 0) is 32.3 Å². The smallest absolute Gasteiger partial charge is 0.272 e. The van der Waals surface area contributed by atoms with Crippen LogP contribution >= 0.6 is 0 Å². The minimum Gasteiger partial charge on any atom is -0.344 e. The van der Waals surface area contributed by atoms with Gasteiger partial charge in [0.2, 0.25) is 0 Å². The number of carbonyl (C=O) groups is 1. The summed E-state index contributed by atoms with van der Waals surface area (Å²) in [5.41, 5.74) is 4.43. The minimum atomic E-state index is -0.154. The predicted molar refractivity (Wildman–Crippen MR) is 98.6 cm³/mol. The van der Waals surface area contributed by atoms with Crippen LogP contribution in [0.1, 0.15) is 46.3 Å². The molecule has 1 amide bonds. The van der Waals surface area contributed by atoms with E-state index < -0.39 is 0 Å². The summed E-state index contributed by atoms with van der Waals surface area (Å²) in [4.78, 5) is 21.8. The number of benzene rings is 1. The molecule has 6 nitrogen and oxygen atoms in total. The molecule has 1 aliphatic rings. The van der Waals surface area contributed by atoms with Crippen LogP contribution in [0.25, 0.3) is 11.4 Å². The second-order valence-electron chi connectivity index (χ2n) is 6.67. The third kappa shape index (κ3) is 3.10. The van der Waals surface area contributed by atoms with Gasteiger partial charge < -0.3 is 5.32 Å². The third-order valence-corrected chi connectivity index (χ3v) is 4.87. The fourth-order valence-electron chi connectivity index (χ4n) is 3.33. The van der Waals surface area contributed by atoms with E-state index in [1.807, 2.05) is 50.5 Å². The van der Waals surface area contributed by atoms with Crippen molar-refractivity contribution in [3.05, 3.63) is 65.2 Å². The highest BCUT2D eigenvalue weighted by Crippen LogP contribution is 2.29. The van der Waals surface area contributed by atoms with E-state index in [2.05, 4.69) is 15.4 Å². The third-order valence-electron chi connectivity index (χ3n) is 4.87. The van der Waals surface area contributed by atoms with Crippen molar-refractivity contribution in [1.82, 2.24) is 25.1 Å². The molecule has 2 heterocycles. The van der Waals surface area contributed by atoms with Crippen LogP contribution in [0.5, 0.6) is 0 Å². The number of carbonyl (C=O) groups excluding carboxylic acids is 1. The van der Waals surface area contributed by atoms with E-state index in [-0.39, 0.29) is 11.9 Å². The lowest BCUT2D eigenvalue weighted by atomic mass is 9.92. The first-order valence-electron chi connectivity index (χ1n) is 8.84. The molecule has 0 fully saturated rings. The first kappa shape index (κ1) is 16.4. The summed E-state index contributed by atoms with van der Waals surface area (Å²) >= 11 is 0. The standard InChI is InChI=1S/C20H21N5O/c1-13-11-18(24-25(13)2)20(26)23-17-10-6-9-16-15(17)12-21-19(22-16)14-7-4-3-5-8-14/h3-5,7-8,11-12,17H,6,9-10H2,1-2H3,(H,23,26)/t17-/m0/s1. The van der Waals surface area contributed by atoms with E-state index in [9.17, 15) is 4.79 Å². The normalized spacial score (nSPS) is 16.2. The molecule has 3 aromatic rings. The lowest BCUT2D eigenvalue weighted by Gasteiger charge is -2.25. The fourth-order valence-corrected chi connectivity index (χ4v) is 3.33. The van der Waals surface area contributed by atoms with Gasteiger partial charge in [0, 0.05) is 35.8 Å². The Balaban J connectivity index is 1.58. The summed E-state index contributed by atoms with van der Waals surface area (Å²) in [5.74, 6) is 0.579. The zero-order chi connectivity index (χ0) is 18.1. The second kappa shape index (κ2) is 6.71. The van der Waals surface area contributed by atoms with Crippen LogP contribution in [0.4, 0.5) is 0 Å². The van der Waals surface area contributed by atoms with Crippen molar-refractivity contribution >= 4 is 5.91 Å². The number of fused-ring (bicyclic) bond motifs is 1. The average Bonchev–Trinajstić information content (AvgIpc) is 3.01. The lowest BCUT2D eigenvalue weighted by Crippen LogP contribution is -2.32. The summed E-state index contributed by atoms with van der Waals surface area (Å²) in [6.45, 7) is 1.93. The van der Waals surface area contributed by atoms with Crippen molar-refractivity contribution in [3.63, 3.8) is 0 Å². The molecule has 1 aromatic carbocycles. The Hall–Kier alpha value is -3.02. The molecule has 4 rings (SSSR count). The molecule has 2 aromatic heterocycles. The van der Waals surface area contributed by atoms with Gasteiger partial charge in [-0.25, -0.2) is 9.97 Å². The number of hydrogen-bond donors (Lipinski definition) is 1. The van der Waals surface area contributed by atoms with Crippen LogP contribution in [0.15, 0.2) is 42.6 Å². The number of amides is 1. The largest absolute Gasteiger partial charge is 0.344 e. The molecule has 0 radical (unpaired) electrons. The van der Waals surface area contributed by atoms with Crippen molar-refractivity contribution in [2.24, 2.45) is 7.05 Å². The maximum absolute atomic E-state index is 12.5. The Kier molecular flexibility index (Phi) is 4.24. The summed E-state index contributed by atoms with van der Waals surface area (Å²) < 4.78 is 1.71. The van der Waals surface area contributed by atoms with Crippen molar-refractivity contribution < 1.29 is 4.79 Å². The number of nitrogens with one attached hydrogen (secondary N) is 1. The number of aryl methyl sites for hydroxylation is 3. The zero-order valence-electron chi connectivity index (χ0n) is 14.9. The van der Waals surface area contributed by atoms with Gasteiger partial charge in [-0.2, -0.15) is 5.10 Å². The van der Waals surface area contributed by atoms with Gasteiger partial charge in [0.15, 0.2) is 5.82 Å². The highest BCUT2D eigenvalue weighted by Gasteiger charge is 2.25. The van der Waals surface area contributed by atoms with Crippen molar-refractivity contribution in [2.75, 3.05) is 0 Å². The molecule has 6 heteroatoms. The van der Waals surface area contributed by atoms with E-state index in [0.717, 1.165) is 47.6 Å². The summed E-state index contributed by atoms with van der Waals surface area (Å²) in [6.07, 6.45) is 4.65. The van der Waals surface area contributed by atoms with E-state index in [0.29, 0.717) is 5.69 Å². The Bertz CT molecular complexity index is 929. The molecule has 1 atom stereocenters. The molecular weight excluding hydrogens is 326 g/mol. The van der Waals surface area contributed by atoms with E-state index >= 15 is 0 Å². The Labute approximate surface area is 152 Å². The van der Waals surface area contributed by atoms with E-state index in [1.165, 1.54) is 0 Å². The van der Waals surface area contributed by atoms with Crippen LogP contribution in [0.3, 0.4) is 0 Å². The van der Waals surface area contributed by atoms with Crippen molar-refractivity contribution in [2.45, 2.75) is 32.2 Å². The molecule has 26 heavy (non-hydrogen) atoms. The molecule has 1 N–H and O–H groups in total. The van der Waals surface area contributed by atoms with Crippen LogP contribution < -0.4 is 5.32 Å². The lowest BCUT2D eigenvalue weighted by molar-refractivity contribution is 0.0926. The maximum atomic E-state index is 12.5. The van der Waals surface area contributed by atoms with Crippen LogP contribution in [0, 0.1) is 6.92 Å². The molecule has 1 aliphatic carbocycles. The summed E-state index contributed by atoms with van der Waals surface area (Å²) in [5, 5.41) is 7.36. The number of hydrogen-bond acceptors (Lipinski definition) is 4. The molecule has 0 aliphatic heterocycles. The quantitative estimate of drug-likeness (QED) is 0.790. The van der Waals surface area contributed by atoms with Gasteiger partial charge in [0.05, 0.1) is 6.04 Å². The maximum Gasteiger partial charge on any atom is 0.272 e. The first-order chi connectivity index (χ1) is 12.6. The minimum absolute atomic E-state index is 0.0709. The van der Waals surface area contributed by atoms with Gasteiger partial charge >= 0.3 is 0 Å². The molecule has 0 saturated carbocycles. The molecular formula is C20H21N5O. The topological polar surface area (TPSA) is 72.7 Å². The summed E-state index contributed by atoms with van der Waals surface area (Å²) in [6, 6.07) is 11.7. The van der Waals surface area contributed by atoms with Gasteiger partial charge in [-0.1, -0.05) is 30.3 Å². The van der Waals surface area contributed by atoms with Gasteiger partial charge in [-0.15, -0.1) is 0 Å². The second-order valence-corrected chi connectivity index (χ2v) is 6.67. The number of aromatic nitrogens is 4. The van der Waals surface area contributed by atoms with Gasteiger partial charge in [0.25, 0.3) is 5.91 Å². The van der Waals surface area contributed by atoms with Crippen LogP contribution in [0.2, 0.25) is 0 Å². The van der Waals surface area contributed by atoms with E-state index in [4.69, 9.17) is 4.98 Å². The van der Waals surface area contributed by atoms with E-state index in [1.54, 1.807) is 10.7 Å². The zero-order valence-corrected chi connectivity index (χ0v) is 14.9. The van der Waals surface area contributed by atoms with Gasteiger partial charge in [-0.3, -0.25) is 9.48 Å². The highest BCUT2D eigenvalue weighted by molar-refractivity contribution is 5.92. The summed E-state index contributed by atoms with van der Waals surface area (Å²) in [7, 11) is 1.83. The number of nitrogens with zero attached hydrogens (tertiary/aromatic N) is 4. The van der Waals surface area contributed by atoms with Crippen LogP contribution in [-0.4, -0.2) is 25.7 Å². The van der Waals surface area contributed by atoms with Crippen molar-refractivity contribution in [1.29, 1.82) is 0 Å². The Morgan fingerprint density at radius 3 is 2.81 bits per heavy atom. The SMILES string of the molecule is Cc1cc(C(=O)N[C@H]2CCCc3nc(-c4ccccc4)ncc32)nn1C. The van der Waals surface area contributed by atoms with Crippen LogP contribution in [-0.2, 0) is 13.5 Å². The van der Waals surface area contributed by atoms with Gasteiger partial charge in [0.1, 0.15) is 5.69 Å². The molecule has 0 bridgehead atoms. The fraction of sp³-hybridized carbons (Fsp3) is 0.300. The highest BCUT2D eigenvalue weighted by atomic mass is 16.2. The molecule has 0 unspecified atom stereocenters.